The second-order valence-electron chi connectivity index (χ2n) is 11.3. The molecule has 0 bridgehead atoms. The number of halogens is 3. The zero-order valence-electron chi connectivity index (χ0n) is 23.4. The van der Waals surface area contributed by atoms with Gasteiger partial charge in [-0.15, -0.1) is 0 Å². The Labute approximate surface area is 230 Å². The fourth-order valence-corrected chi connectivity index (χ4v) is 5.60. The van der Waals surface area contributed by atoms with Crippen LogP contribution in [0, 0.1) is 0 Å². The van der Waals surface area contributed by atoms with Gasteiger partial charge in [-0.1, -0.05) is 77.3 Å². The number of rotatable bonds is 8. The van der Waals surface area contributed by atoms with E-state index in [1.54, 1.807) is 6.07 Å². The number of nitrogens with one attached hydrogen (secondary N) is 1. The zero-order valence-corrected chi connectivity index (χ0v) is 23.4. The van der Waals surface area contributed by atoms with Crippen LogP contribution >= 0.6 is 0 Å². The molecule has 1 heterocycles. The van der Waals surface area contributed by atoms with Gasteiger partial charge in [0, 0.05) is 30.2 Å². The van der Waals surface area contributed by atoms with E-state index < -0.39 is 11.7 Å². The predicted octanol–water partition coefficient (Wildman–Crippen LogP) is 9.17. The molecule has 210 valence electrons. The average molecular weight is 540 g/mol. The standard InChI is InChI=1S/C32H40F3N3O/c1-22(2)28-16-9-17-29(23(3)4)30(28)36-31(39)38(26-13-6-5-7-14-26)21-27-15-10-18-37(27)20-24-11-8-12-25(19-24)32(33,34)35/h8-12,15-19,22-23,26H,5-7,13-14,20-21H2,1-4H3,(H,36,39). The number of urea groups is 1. The molecule has 1 saturated carbocycles. The van der Waals surface area contributed by atoms with Gasteiger partial charge in [-0.05, 0) is 65.6 Å². The van der Waals surface area contributed by atoms with Gasteiger partial charge in [0.2, 0.25) is 0 Å². The highest BCUT2D eigenvalue weighted by Crippen LogP contribution is 2.34. The van der Waals surface area contributed by atoms with Crippen LogP contribution in [0.1, 0.15) is 99.6 Å². The molecule has 2 aromatic carbocycles. The minimum absolute atomic E-state index is 0.115. The van der Waals surface area contributed by atoms with Crippen molar-refractivity contribution in [2.45, 2.75) is 96.9 Å². The van der Waals surface area contributed by atoms with Crippen molar-refractivity contribution in [3.8, 4) is 0 Å². The van der Waals surface area contributed by atoms with Crippen molar-refractivity contribution in [1.29, 1.82) is 0 Å². The molecule has 0 aliphatic heterocycles. The van der Waals surface area contributed by atoms with Crippen molar-refractivity contribution in [1.82, 2.24) is 9.47 Å². The third-order valence-corrected chi connectivity index (χ3v) is 7.74. The molecule has 0 radical (unpaired) electrons. The highest BCUT2D eigenvalue weighted by Gasteiger charge is 2.31. The molecule has 7 heteroatoms. The number of carbonyl (C=O) groups is 1. The Morgan fingerprint density at radius 2 is 1.59 bits per heavy atom. The van der Waals surface area contributed by atoms with E-state index in [1.165, 1.54) is 18.6 Å². The van der Waals surface area contributed by atoms with Crippen molar-refractivity contribution >= 4 is 11.7 Å². The van der Waals surface area contributed by atoms with E-state index in [9.17, 15) is 18.0 Å². The van der Waals surface area contributed by atoms with Gasteiger partial charge in [0.25, 0.3) is 0 Å². The van der Waals surface area contributed by atoms with Gasteiger partial charge in [0.15, 0.2) is 0 Å². The lowest BCUT2D eigenvalue weighted by Crippen LogP contribution is -2.44. The number of nitrogens with zero attached hydrogens (tertiary/aromatic N) is 2. The molecule has 0 saturated heterocycles. The lowest BCUT2D eigenvalue weighted by molar-refractivity contribution is -0.137. The molecule has 39 heavy (non-hydrogen) atoms. The second-order valence-corrected chi connectivity index (χ2v) is 11.3. The van der Waals surface area contributed by atoms with E-state index in [0.717, 1.165) is 54.3 Å². The molecule has 0 unspecified atom stereocenters. The van der Waals surface area contributed by atoms with Crippen molar-refractivity contribution in [2.75, 3.05) is 5.32 Å². The average Bonchev–Trinajstić information content (AvgIpc) is 3.33. The molecule has 0 spiro atoms. The quantitative estimate of drug-likeness (QED) is 0.304. The molecule has 0 atom stereocenters. The Bertz CT molecular complexity index is 1230. The van der Waals surface area contributed by atoms with Gasteiger partial charge in [0.1, 0.15) is 0 Å². The van der Waals surface area contributed by atoms with Crippen LogP contribution in [-0.2, 0) is 19.3 Å². The Morgan fingerprint density at radius 3 is 2.21 bits per heavy atom. The summed E-state index contributed by atoms with van der Waals surface area (Å²) < 4.78 is 41.8. The minimum Gasteiger partial charge on any atom is -0.345 e. The van der Waals surface area contributed by atoms with Crippen LogP contribution in [0.3, 0.4) is 0 Å². The summed E-state index contributed by atoms with van der Waals surface area (Å²) in [6.07, 6.45) is 2.73. The summed E-state index contributed by atoms with van der Waals surface area (Å²) in [5, 5.41) is 3.30. The predicted molar refractivity (Wildman–Crippen MR) is 151 cm³/mol. The number of hydrogen-bond acceptors (Lipinski definition) is 1. The van der Waals surface area contributed by atoms with Crippen LogP contribution in [0.4, 0.5) is 23.7 Å². The second kappa shape index (κ2) is 12.3. The molecule has 1 aliphatic rings. The van der Waals surface area contributed by atoms with Gasteiger partial charge in [-0.25, -0.2) is 4.79 Å². The highest BCUT2D eigenvalue weighted by molar-refractivity contribution is 5.91. The Balaban J connectivity index is 1.62. The monoisotopic (exact) mass is 539 g/mol. The smallest absolute Gasteiger partial charge is 0.345 e. The highest BCUT2D eigenvalue weighted by atomic mass is 19.4. The van der Waals surface area contributed by atoms with Gasteiger partial charge in [-0.2, -0.15) is 13.2 Å². The lowest BCUT2D eigenvalue weighted by atomic mass is 9.92. The molecule has 1 fully saturated rings. The first-order chi connectivity index (χ1) is 18.5. The largest absolute Gasteiger partial charge is 0.416 e. The van der Waals surface area contributed by atoms with E-state index in [-0.39, 0.29) is 23.9 Å². The van der Waals surface area contributed by atoms with Crippen LogP contribution in [0.2, 0.25) is 0 Å². The Kier molecular flexibility index (Phi) is 9.08. The van der Waals surface area contributed by atoms with E-state index in [0.29, 0.717) is 18.7 Å². The molecule has 1 aliphatic carbocycles. The third-order valence-electron chi connectivity index (χ3n) is 7.74. The summed E-state index contributed by atoms with van der Waals surface area (Å²) >= 11 is 0. The van der Waals surface area contributed by atoms with E-state index in [2.05, 4.69) is 51.2 Å². The van der Waals surface area contributed by atoms with Crippen LogP contribution in [0.15, 0.2) is 60.8 Å². The van der Waals surface area contributed by atoms with Crippen LogP contribution < -0.4 is 5.32 Å². The maximum absolute atomic E-state index is 14.0. The first-order valence-corrected chi connectivity index (χ1v) is 14.0. The number of amides is 2. The Hall–Kier alpha value is -3.22. The minimum atomic E-state index is -4.38. The first kappa shape index (κ1) is 28.8. The van der Waals surface area contributed by atoms with E-state index in [1.807, 2.05) is 27.8 Å². The van der Waals surface area contributed by atoms with Gasteiger partial charge < -0.3 is 14.8 Å². The summed E-state index contributed by atoms with van der Waals surface area (Å²) in [5.74, 6) is 0.513. The molecule has 4 rings (SSSR count). The fourth-order valence-electron chi connectivity index (χ4n) is 5.60. The van der Waals surface area contributed by atoms with Crippen molar-refractivity contribution in [2.24, 2.45) is 0 Å². The fraction of sp³-hybridized carbons (Fsp3) is 0.469. The van der Waals surface area contributed by atoms with Gasteiger partial charge in [-0.3, -0.25) is 0 Å². The number of aromatic nitrogens is 1. The van der Waals surface area contributed by atoms with Gasteiger partial charge in [0.05, 0.1) is 12.1 Å². The number of alkyl halides is 3. The number of benzene rings is 2. The number of carbonyl (C=O) groups excluding carboxylic acids is 1. The van der Waals surface area contributed by atoms with Crippen molar-refractivity contribution in [3.63, 3.8) is 0 Å². The Morgan fingerprint density at radius 1 is 0.949 bits per heavy atom. The molecule has 4 nitrogen and oxygen atoms in total. The van der Waals surface area contributed by atoms with Crippen LogP contribution in [0.25, 0.3) is 0 Å². The normalized spacial score (nSPS) is 14.7. The molecule has 3 aromatic rings. The lowest BCUT2D eigenvalue weighted by Gasteiger charge is -2.35. The van der Waals surface area contributed by atoms with Crippen LogP contribution in [-0.4, -0.2) is 21.5 Å². The maximum atomic E-state index is 14.0. The van der Waals surface area contributed by atoms with Crippen molar-refractivity contribution in [3.05, 3.63) is 88.7 Å². The zero-order chi connectivity index (χ0) is 28.2. The maximum Gasteiger partial charge on any atom is 0.416 e. The molecule has 1 N–H and O–H groups in total. The molecular weight excluding hydrogens is 499 g/mol. The first-order valence-electron chi connectivity index (χ1n) is 14.0. The summed E-state index contributed by atoms with van der Waals surface area (Å²) in [5.41, 5.74) is 3.95. The topological polar surface area (TPSA) is 37.3 Å². The SMILES string of the molecule is CC(C)c1cccc(C(C)C)c1NC(=O)N(Cc1cccn1Cc1cccc(C(F)(F)F)c1)C1CCCCC1. The van der Waals surface area contributed by atoms with Gasteiger partial charge >= 0.3 is 12.2 Å². The van der Waals surface area contributed by atoms with Crippen LogP contribution in [0.5, 0.6) is 0 Å². The number of para-hydroxylation sites is 1. The summed E-state index contributed by atoms with van der Waals surface area (Å²) in [4.78, 5) is 15.9. The number of hydrogen-bond donors (Lipinski definition) is 1. The third kappa shape index (κ3) is 7.06. The summed E-state index contributed by atoms with van der Waals surface area (Å²) in [6.45, 7) is 9.23. The van der Waals surface area contributed by atoms with Crippen molar-refractivity contribution < 1.29 is 18.0 Å². The summed E-state index contributed by atoms with van der Waals surface area (Å²) in [6, 6.07) is 15.5. The van der Waals surface area contributed by atoms with E-state index >= 15 is 0 Å². The molecule has 2 amide bonds. The molecule has 1 aromatic heterocycles. The molecular formula is C32H40F3N3O. The van der Waals surface area contributed by atoms with E-state index in [4.69, 9.17) is 0 Å². The summed E-state index contributed by atoms with van der Waals surface area (Å²) in [7, 11) is 0. The number of anilines is 1.